The lowest BCUT2D eigenvalue weighted by Gasteiger charge is -2.10. The summed E-state index contributed by atoms with van der Waals surface area (Å²) in [7, 11) is 0. The Morgan fingerprint density at radius 1 is 0.850 bits per heavy atom. The van der Waals surface area contributed by atoms with Crippen molar-refractivity contribution in [3.05, 3.63) is 84.4 Å². The molecule has 0 unspecified atom stereocenters. The van der Waals surface area contributed by atoms with E-state index in [2.05, 4.69) is 78.6 Å². The Bertz CT molecular complexity index is 721. The monoisotopic (exact) mass is 259 g/mol. The summed E-state index contributed by atoms with van der Waals surface area (Å²) in [5.41, 5.74) is 3.60. The molecule has 0 heterocycles. The molecule has 98 valence electrons. The van der Waals surface area contributed by atoms with E-state index in [1.165, 1.54) is 22.0 Å². The topological polar surface area (TPSA) is 12.0 Å². The zero-order valence-corrected chi connectivity index (χ0v) is 11.3. The van der Waals surface area contributed by atoms with E-state index in [0.29, 0.717) is 0 Å². The molecule has 20 heavy (non-hydrogen) atoms. The standard InChI is InChI=1S/C19H17N/c1-2-15-10-12-16(13-11-15)14-20-19-9-5-7-17-6-3-4-8-18(17)19/h2-13,20H,1,14H2. The maximum absolute atomic E-state index is 3.77. The number of anilines is 1. The van der Waals surface area contributed by atoms with E-state index >= 15 is 0 Å². The lowest BCUT2D eigenvalue weighted by molar-refractivity contribution is 1.15. The Morgan fingerprint density at radius 2 is 1.60 bits per heavy atom. The molecular formula is C19H17N. The molecule has 0 aliphatic heterocycles. The summed E-state index contributed by atoms with van der Waals surface area (Å²) in [6, 6.07) is 23.2. The Hall–Kier alpha value is -2.54. The van der Waals surface area contributed by atoms with Crippen molar-refractivity contribution in [1.82, 2.24) is 0 Å². The van der Waals surface area contributed by atoms with Gasteiger partial charge < -0.3 is 5.32 Å². The van der Waals surface area contributed by atoms with Crippen LogP contribution in [-0.2, 0) is 6.54 Å². The molecule has 0 amide bonds. The van der Waals surface area contributed by atoms with Gasteiger partial charge in [-0.05, 0) is 22.6 Å². The average Bonchev–Trinajstić information content (AvgIpc) is 2.53. The quantitative estimate of drug-likeness (QED) is 0.687. The van der Waals surface area contributed by atoms with Gasteiger partial charge in [-0.15, -0.1) is 0 Å². The van der Waals surface area contributed by atoms with Crippen molar-refractivity contribution in [2.75, 3.05) is 5.32 Å². The van der Waals surface area contributed by atoms with Crippen LogP contribution >= 0.6 is 0 Å². The van der Waals surface area contributed by atoms with Gasteiger partial charge in [0.15, 0.2) is 0 Å². The third-order valence-electron chi connectivity index (χ3n) is 3.49. The van der Waals surface area contributed by atoms with Crippen LogP contribution in [0.25, 0.3) is 16.8 Å². The van der Waals surface area contributed by atoms with Gasteiger partial charge in [0.05, 0.1) is 0 Å². The molecule has 0 aliphatic carbocycles. The van der Waals surface area contributed by atoms with Gasteiger partial charge in [0.25, 0.3) is 0 Å². The van der Waals surface area contributed by atoms with Gasteiger partial charge in [-0.2, -0.15) is 0 Å². The zero-order chi connectivity index (χ0) is 13.8. The maximum Gasteiger partial charge on any atom is 0.0422 e. The van der Waals surface area contributed by atoms with Crippen molar-refractivity contribution in [3.63, 3.8) is 0 Å². The lowest BCUT2D eigenvalue weighted by atomic mass is 10.1. The SMILES string of the molecule is C=Cc1ccc(CNc2cccc3ccccc23)cc1. The molecule has 0 saturated carbocycles. The van der Waals surface area contributed by atoms with Crippen LogP contribution in [0.3, 0.4) is 0 Å². The molecule has 0 radical (unpaired) electrons. The van der Waals surface area contributed by atoms with Gasteiger partial charge in [-0.25, -0.2) is 0 Å². The Labute approximate surface area is 119 Å². The van der Waals surface area contributed by atoms with Crippen LogP contribution in [0.4, 0.5) is 5.69 Å². The fraction of sp³-hybridized carbons (Fsp3) is 0.0526. The summed E-state index contributed by atoms with van der Waals surface area (Å²) in [6.07, 6.45) is 1.86. The van der Waals surface area contributed by atoms with Crippen LogP contribution in [0, 0.1) is 0 Å². The Balaban J connectivity index is 1.81. The van der Waals surface area contributed by atoms with Crippen molar-refractivity contribution in [1.29, 1.82) is 0 Å². The summed E-state index contributed by atoms with van der Waals surface area (Å²) in [4.78, 5) is 0. The first-order valence-electron chi connectivity index (χ1n) is 6.80. The fourth-order valence-electron chi connectivity index (χ4n) is 2.35. The second-order valence-electron chi connectivity index (χ2n) is 4.83. The highest BCUT2D eigenvalue weighted by Crippen LogP contribution is 2.23. The van der Waals surface area contributed by atoms with E-state index in [-0.39, 0.29) is 0 Å². The third kappa shape index (κ3) is 2.57. The van der Waals surface area contributed by atoms with Crippen LogP contribution in [0.2, 0.25) is 0 Å². The smallest absolute Gasteiger partial charge is 0.0422 e. The van der Waals surface area contributed by atoms with E-state index < -0.39 is 0 Å². The largest absolute Gasteiger partial charge is 0.380 e. The predicted molar refractivity (Wildman–Crippen MR) is 87.8 cm³/mol. The van der Waals surface area contributed by atoms with Gasteiger partial charge in [0.1, 0.15) is 0 Å². The molecule has 1 heteroatoms. The van der Waals surface area contributed by atoms with Crippen molar-refractivity contribution in [2.45, 2.75) is 6.54 Å². The lowest BCUT2D eigenvalue weighted by Crippen LogP contribution is -1.99. The number of benzene rings is 3. The first kappa shape index (κ1) is 12.5. The van der Waals surface area contributed by atoms with E-state index in [4.69, 9.17) is 0 Å². The van der Waals surface area contributed by atoms with Crippen molar-refractivity contribution < 1.29 is 0 Å². The highest BCUT2D eigenvalue weighted by molar-refractivity contribution is 5.93. The minimum absolute atomic E-state index is 0.825. The second kappa shape index (κ2) is 5.62. The van der Waals surface area contributed by atoms with Crippen molar-refractivity contribution in [2.24, 2.45) is 0 Å². The first-order valence-corrected chi connectivity index (χ1v) is 6.80. The van der Waals surface area contributed by atoms with E-state index in [9.17, 15) is 0 Å². The van der Waals surface area contributed by atoms with Crippen LogP contribution in [0.5, 0.6) is 0 Å². The van der Waals surface area contributed by atoms with Gasteiger partial charge in [0.2, 0.25) is 0 Å². The molecule has 0 aromatic heterocycles. The minimum Gasteiger partial charge on any atom is -0.380 e. The summed E-state index contributed by atoms with van der Waals surface area (Å²) < 4.78 is 0. The van der Waals surface area contributed by atoms with Crippen molar-refractivity contribution in [3.8, 4) is 0 Å². The molecule has 0 spiro atoms. The molecule has 0 bridgehead atoms. The second-order valence-corrected chi connectivity index (χ2v) is 4.83. The van der Waals surface area contributed by atoms with E-state index in [1.807, 2.05) is 6.08 Å². The van der Waals surface area contributed by atoms with Gasteiger partial charge in [0, 0.05) is 17.6 Å². The third-order valence-corrected chi connectivity index (χ3v) is 3.49. The Morgan fingerprint density at radius 3 is 2.40 bits per heavy atom. The van der Waals surface area contributed by atoms with Crippen LogP contribution in [0.1, 0.15) is 11.1 Å². The van der Waals surface area contributed by atoms with E-state index in [1.54, 1.807) is 0 Å². The summed E-state index contributed by atoms with van der Waals surface area (Å²) in [5, 5.41) is 6.04. The number of hydrogen-bond acceptors (Lipinski definition) is 1. The highest BCUT2D eigenvalue weighted by atomic mass is 14.9. The van der Waals surface area contributed by atoms with E-state index in [0.717, 1.165) is 12.1 Å². The fourth-order valence-corrected chi connectivity index (χ4v) is 2.35. The molecule has 3 aromatic carbocycles. The van der Waals surface area contributed by atoms with Gasteiger partial charge >= 0.3 is 0 Å². The number of rotatable bonds is 4. The molecular weight excluding hydrogens is 242 g/mol. The molecule has 0 saturated heterocycles. The molecule has 0 fully saturated rings. The molecule has 3 rings (SSSR count). The van der Waals surface area contributed by atoms with Crippen LogP contribution in [-0.4, -0.2) is 0 Å². The van der Waals surface area contributed by atoms with Gasteiger partial charge in [-0.1, -0.05) is 73.3 Å². The predicted octanol–water partition coefficient (Wildman–Crippen LogP) is 5.09. The first-order chi connectivity index (χ1) is 9.86. The summed E-state index contributed by atoms with van der Waals surface area (Å²) in [6.45, 7) is 4.60. The normalized spacial score (nSPS) is 10.4. The van der Waals surface area contributed by atoms with Crippen molar-refractivity contribution >= 4 is 22.5 Å². The average molecular weight is 259 g/mol. The molecule has 0 atom stereocenters. The van der Waals surface area contributed by atoms with Gasteiger partial charge in [-0.3, -0.25) is 0 Å². The number of hydrogen-bond donors (Lipinski definition) is 1. The van der Waals surface area contributed by atoms with Crippen LogP contribution in [0.15, 0.2) is 73.3 Å². The maximum atomic E-state index is 3.77. The number of fused-ring (bicyclic) bond motifs is 1. The van der Waals surface area contributed by atoms with Crippen LogP contribution < -0.4 is 5.32 Å². The molecule has 0 aliphatic rings. The summed E-state index contributed by atoms with van der Waals surface area (Å²) >= 11 is 0. The zero-order valence-electron chi connectivity index (χ0n) is 11.3. The minimum atomic E-state index is 0.825. The summed E-state index contributed by atoms with van der Waals surface area (Å²) in [5.74, 6) is 0. The highest BCUT2D eigenvalue weighted by Gasteiger charge is 1.99. The molecule has 1 nitrogen and oxygen atoms in total. The number of nitrogens with one attached hydrogen (secondary N) is 1. The Kier molecular flexibility index (Phi) is 3.51. The molecule has 3 aromatic rings. The molecule has 1 N–H and O–H groups in total.